The van der Waals surface area contributed by atoms with Gasteiger partial charge in [0.05, 0.1) is 18.2 Å². The molecule has 184 valence electrons. The molecule has 1 unspecified atom stereocenters. The molecule has 0 saturated carbocycles. The van der Waals surface area contributed by atoms with E-state index in [-0.39, 0.29) is 11.9 Å². The lowest BCUT2D eigenvalue weighted by Gasteiger charge is -2.36. The number of carbonyl (C=O) groups excluding carboxylic acids is 1. The van der Waals surface area contributed by atoms with Crippen molar-refractivity contribution < 1.29 is 4.79 Å². The highest BCUT2D eigenvalue weighted by molar-refractivity contribution is 6.30. The Balaban J connectivity index is 0. The van der Waals surface area contributed by atoms with Crippen LogP contribution < -0.4 is 5.43 Å². The Morgan fingerprint density at radius 2 is 1.53 bits per heavy atom. The van der Waals surface area contributed by atoms with Gasteiger partial charge in [-0.25, -0.2) is 4.99 Å². The summed E-state index contributed by atoms with van der Waals surface area (Å²) >= 11 is 5.99. The Labute approximate surface area is 211 Å². The second-order valence-corrected chi connectivity index (χ2v) is 6.78. The normalized spacial score (nSPS) is 14.2. The van der Waals surface area contributed by atoms with Gasteiger partial charge in [-0.1, -0.05) is 69.1 Å². The quantitative estimate of drug-likeness (QED) is 0.211. The number of rotatable bonds is 3. The molecule has 0 radical (unpaired) electrons. The summed E-state index contributed by atoms with van der Waals surface area (Å²) in [6.07, 6.45) is 8.30. The smallest absolute Gasteiger partial charge is 0.249 e. The zero-order chi connectivity index (χ0) is 26.7. The summed E-state index contributed by atoms with van der Waals surface area (Å²) in [7, 11) is 0. The maximum Gasteiger partial charge on any atom is 0.249 e. The van der Waals surface area contributed by atoms with E-state index in [0.29, 0.717) is 17.3 Å². The van der Waals surface area contributed by atoms with E-state index >= 15 is 0 Å². The van der Waals surface area contributed by atoms with Gasteiger partial charge in [0.1, 0.15) is 11.7 Å². The molecular weight excluding hydrogens is 444 g/mol. The lowest BCUT2D eigenvalue weighted by molar-refractivity contribution is -0.119. The molecule has 0 aromatic heterocycles. The van der Waals surface area contributed by atoms with Crippen molar-refractivity contribution >= 4 is 34.9 Å². The third-order valence-corrected chi connectivity index (χ3v) is 4.43. The maximum absolute atomic E-state index is 12.0. The lowest BCUT2D eigenvalue weighted by atomic mass is 10.0. The molecule has 2 aromatic rings. The van der Waals surface area contributed by atoms with Crippen molar-refractivity contribution in [2.24, 2.45) is 9.98 Å². The van der Waals surface area contributed by atoms with Gasteiger partial charge in [-0.2, -0.15) is 4.99 Å². The molecule has 5 nitrogen and oxygen atoms in total. The number of carbonyl (C=O) groups is 1. The van der Waals surface area contributed by atoms with Crippen LogP contribution in [-0.2, 0) is 4.79 Å². The van der Waals surface area contributed by atoms with Gasteiger partial charge in [0, 0.05) is 5.02 Å². The first-order valence-corrected chi connectivity index (χ1v) is 11.6. The summed E-state index contributed by atoms with van der Waals surface area (Å²) in [4.78, 5) is 20.7. The van der Waals surface area contributed by atoms with Crippen molar-refractivity contribution in [3.8, 4) is 12.8 Å². The fourth-order valence-electron chi connectivity index (χ4n) is 2.89. The van der Waals surface area contributed by atoms with Gasteiger partial charge in [-0.3, -0.25) is 15.2 Å². The molecule has 1 atom stereocenters. The molecule has 0 bridgehead atoms. The number of amidine groups is 2. The molecule has 2 aromatic carbocycles. The third-order valence-electron chi connectivity index (χ3n) is 4.18. The number of hydrogen-bond acceptors (Lipinski definition) is 3. The number of terminal acetylenes is 1. The van der Waals surface area contributed by atoms with E-state index in [4.69, 9.17) is 11.6 Å². The van der Waals surface area contributed by atoms with Crippen molar-refractivity contribution in [2.75, 3.05) is 0 Å². The molecule has 0 saturated heterocycles. The largest absolute Gasteiger partial charge is 0.284 e. The van der Waals surface area contributed by atoms with Gasteiger partial charge in [-0.15, -0.1) is 26.0 Å². The van der Waals surface area contributed by atoms with Crippen LogP contribution in [0.1, 0.15) is 65.1 Å². The molecule has 1 aliphatic heterocycles. The third kappa shape index (κ3) is 11.0. The number of nitrogens with zero attached hydrogens (tertiary/aromatic N) is 3. The Morgan fingerprint density at radius 1 is 1.03 bits per heavy atom. The molecule has 0 aliphatic carbocycles. The molecule has 1 amide bonds. The number of hydrazine groups is 1. The van der Waals surface area contributed by atoms with Crippen molar-refractivity contribution in [3.05, 3.63) is 77.8 Å². The van der Waals surface area contributed by atoms with Crippen LogP contribution in [0.3, 0.4) is 0 Å². The number of hydrogen-bond donors (Lipinski definition) is 1. The van der Waals surface area contributed by atoms with Crippen LogP contribution in [0.15, 0.2) is 71.7 Å². The van der Waals surface area contributed by atoms with Crippen molar-refractivity contribution in [1.82, 2.24) is 10.4 Å². The topological polar surface area (TPSA) is 57.1 Å². The molecule has 3 rings (SSSR count). The Hall–Kier alpha value is -3.36. The molecule has 34 heavy (non-hydrogen) atoms. The highest BCUT2D eigenvalue weighted by Gasteiger charge is 2.29. The van der Waals surface area contributed by atoms with E-state index in [0.717, 1.165) is 17.1 Å². The summed E-state index contributed by atoms with van der Waals surface area (Å²) in [6, 6.07) is 15.3. The number of halogens is 1. The van der Waals surface area contributed by atoms with E-state index in [1.807, 2.05) is 102 Å². The van der Waals surface area contributed by atoms with Crippen molar-refractivity contribution in [3.63, 3.8) is 0 Å². The zero-order valence-corrected chi connectivity index (χ0v) is 22.4. The van der Waals surface area contributed by atoms with Gasteiger partial charge in [-0.05, 0) is 50.6 Å². The minimum absolute atomic E-state index is 0.131. The minimum Gasteiger partial charge on any atom is -0.284 e. The molecule has 6 heteroatoms. The molecule has 0 fully saturated rings. The van der Waals surface area contributed by atoms with E-state index in [1.54, 1.807) is 0 Å². The standard InChI is InChI=1S/C20H21ClN4O.2C2H6.C2H4.C2H2/c1-13-4-10-18(11-5-13)22-14(2)24-25-15(3)23-20(26)12-19(25)16-6-8-17(21)9-7-16;4*1-2/h4-11,19H,12H2,1-3H3,(H,22,24);2*1-2H3;1-2H2;1-2H. The first kappa shape index (κ1) is 32.8. The number of aryl methyl sites for hydroxylation is 1. The molecular formula is C28H39ClN4O. The second kappa shape index (κ2) is 19.1. The minimum atomic E-state index is -0.166. The van der Waals surface area contributed by atoms with Gasteiger partial charge >= 0.3 is 0 Å². The molecule has 0 spiro atoms. The number of aliphatic imine (C=N–C) groups is 2. The van der Waals surface area contributed by atoms with Crippen LogP contribution in [0.25, 0.3) is 0 Å². The van der Waals surface area contributed by atoms with Crippen LogP contribution in [0.5, 0.6) is 0 Å². The average Bonchev–Trinajstić information content (AvgIpc) is 2.87. The summed E-state index contributed by atoms with van der Waals surface area (Å²) < 4.78 is 0. The fraction of sp³-hybridized carbons (Fsp3) is 0.321. The Kier molecular flexibility index (Phi) is 18.5. The highest BCUT2D eigenvalue weighted by Crippen LogP contribution is 2.28. The second-order valence-electron chi connectivity index (χ2n) is 6.34. The van der Waals surface area contributed by atoms with Crippen molar-refractivity contribution in [1.29, 1.82) is 0 Å². The van der Waals surface area contributed by atoms with Gasteiger partial charge < -0.3 is 0 Å². The number of amides is 1. The van der Waals surface area contributed by atoms with Crippen LogP contribution in [0, 0.1) is 19.8 Å². The SMILES string of the molecule is C#C.C=C.CC.CC.CC(=Nc1ccc(C)cc1)NN1C(C)=NC(=O)CC1c1ccc(Cl)cc1. The van der Waals surface area contributed by atoms with Gasteiger partial charge in [0.15, 0.2) is 0 Å². The van der Waals surface area contributed by atoms with E-state index < -0.39 is 0 Å². The summed E-state index contributed by atoms with van der Waals surface area (Å²) in [5.74, 6) is 1.20. The first-order valence-electron chi connectivity index (χ1n) is 11.3. The van der Waals surface area contributed by atoms with Crippen LogP contribution in [0.2, 0.25) is 5.02 Å². The highest BCUT2D eigenvalue weighted by atomic mass is 35.5. The van der Waals surface area contributed by atoms with Crippen LogP contribution >= 0.6 is 11.6 Å². The molecule has 1 N–H and O–H groups in total. The number of benzene rings is 2. The summed E-state index contributed by atoms with van der Waals surface area (Å²) in [5.41, 5.74) is 6.33. The average molecular weight is 483 g/mol. The molecule has 1 aliphatic rings. The van der Waals surface area contributed by atoms with E-state index in [1.165, 1.54) is 5.56 Å². The van der Waals surface area contributed by atoms with E-state index in [9.17, 15) is 4.79 Å². The maximum atomic E-state index is 12.0. The predicted molar refractivity (Wildman–Crippen MR) is 150 cm³/mol. The Bertz CT molecular complexity index is 916. The number of nitrogens with one attached hydrogen (secondary N) is 1. The van der Waals surface area contributed by atoms with Crippen molar-refractivity contribution in [2.45, 2.75) is 60.9 Å². The zero-order valence-electron chi connectivity index (χ0n) is 21.6. The van der Waals surface area contributed by atoms with Crippen LogP contribution in [0.4, 0.5) is 5.69 Å². The fourth-order valence-corrected chi connectivity index (χ4v) is 3.01. The Morgan fingerprint density at radius 3 is 2.03 bits per heavy atom. The van der Waals surface area contributed by atoms with Gasteiger partial charge in [0.2, 0.25) is 5.91 Å². The molecule has 1 heterocycles. The summed E-state index contributed by atoms with van der Waals surface area (Å²) in [5, 5.41) is 2.55. The monoisotopic (exact) mass is 482 g/mol. The van der Waals surface area contributed by atoms with E-state index in [2.05, 4.69) is 41.4 Å². The first-order chi connectivity index (χ1) is 16.4. The predicted octanol–water partition coefficient (Wildman–Crippen LogP) is 7.70. The van der Waals surface area contributed by atoms with Crippen LogP contribution in [-0.4, -0.2) is 22.6 Å². The summed E-state index contributed by atoms with van der Waals surface area (Å²) in [6.45, 7) is 19.7. The lowest BCUT2D eigenvalue weighted by Crippen LogP contribution is -2.49. The van der Waals surface area contributed by atoms with Gasteiger partial charge in [0.25, 0.3) is 0 Å².